The van der Waals surface area contributed by atoms with Gasteiger partial charge in [0.25, 0.3) is 0 Å². The van der Waals surface area contributed by atoms with Crippen LogP contribution in [-0.4, -0.2) is 43.6 Å². The largest absolute Gasteiger partial charge is 0.371 e. The molecule has 2 aromatic heterocycles. The maximum absolute atomic E-state index is 12.6. The maximum atomic E-state index is 12.6. The normalized spacial score (nSPS) is 14.6. The Morgan fingerprint density at radius 3 is 2.73 bits per heavy atom. The van der Waals surface area contributed by atoms with Gasteiger partial charge in [-0.25, -0.2) is 13.4 Å². The Kier molecular flexibility index (Phi) is 5.87. The first-order valence-electron chi connectivity index (χ1n) is 9.73. The molecule has 0 atom stereocenters. The Hall–Kier alpha value is -2.72. The molecular weight excluding hydrogens is 422 g/mol. The zero-order valence-electron chi connectivity index (χ0n) is 16.6. The molecule has 158 valence electrons. The van der Waals surface area contributed by atoms with E-state index in [0.29, 0.717) is 11.4 Å². The third-order valence-corrected chi connectivity index (χ3v) is 6.43. The number of hydrogen-bond donors (Lipinski definition) is 2. The number of amides is 1. The highest BCUT2D eigenvalue weighted by atomic mass is 32.2. The number of nitrogens with zero attached hydrogens (tertiary/aromatic N) is 3. The highest BCUT2D eigenvalue weighted by Crippen LogP contribution is 2.33. The molecule has 3 aromatic rings. The minimum atomic E-state index is -3.39. The topological polar surface area (TPSA) is 104 Å². The van der Waals surface area contributed by atoms with E-state index in [1.807, 2.05) is 12.1 Å². The first-order chi connectivity index (χ1) is 14.4. The van der Waals surface area contributed by atoms with Crippen molar-refractivity contribution in [1.29, 1.82) is 0 Å². The monoisotopic (exact) mass is 445 g/mol. The van der Waals surface area contributed by atoms with Gasteiger partial charge in [-0.1, -0.05) is 0 Å². The molecule has 0 spiro atoms. The van der Waals surface area contributed by atoms with Gasteiger partial charge in [0, 0.05) is 47.3 Å². The van der Waals surface area contributed by atoms with Crippen LogP contribution >= 0.6 is 11.3 Å². The molecule has 1 amide bonds. The average Bonchev–Trinajstić information content (AvgIpc) is 3.13. The van der Waals surface area contributed by atoms with E-state index in [-0.39, 0.29) is 17.5 Å². The second-order valence-electron chi connectivity index (χ2n) is 7.34. The summed E-state index contributed by atoms with van der Waals surface area (Å²) in [5, 5.41) is 6.84. The highest BCUT2D eigenvalue weighted by molar-refractivity contribution is 7.92. The number of carbonyl (C=O) groups is 1. The Morgan fingerprint density at radius 2 is 1.97 bits per heavy atom. The van der Waals surface area contributed by atoms with E-state index in [0.717, 1.165) is 41.5 Å². The molecule has 0 unspecified atom stereocenters. The number of rotatable bonds is 6. The van der Waals surface area contributed by atoms with Crippen molar-refractivity contribution < 1.29 is 13.2 Å². The molecule has 3 heterocycles. The number of aromatic nitrogens is 2. The fourth-order valence-corrected chi connectivity index (χ4v) is 5.21. The smallest absolute Gasteiger partial charge is 0.231 e. The van der Waals surface area contributed by atoms with Crippen LogP contribution in [0.1, 0.15) is 25.0 Å². The summed E-state index contributed by atoms with van der Waals surface area (Å²) >= 11 is 1.15. The number of thiazole rings is 1. The van der Waals surface area contributed by atoms with Gasteiger partial charge in [0.05, 0.1) is 24.1 Å². The number of sulfonamides is 1. The molecule has 1 aromatic carbocycles. The van der Waals surface area contributed by atoms with E-state index in [1.165, 1.54) is 24.9 Å². The SMILES string of the molecule is CS(=O)(=O)Nc1nc(CC(=O)Nc2ccc(N3CCCCC3)c3ccncc23)cs1. The van der Waals surface area contributed by atoms with Gasteiger partial charge in [0.15, 0.2) is 5.13 Å². The second kappa shape index (κ2) is 8.57. The highest BCUT2D eigenvalue weighted by Gasteiger charge is 2.16. The first kappa shape index (κ1) is 20.5. The van der Waals surface area contributed by atoms with E-state index >= 15 is 0 Å². The van der Waals surface area contributed by atoms with Crippen LogP contribution in [0.25, 0.3) is 10.8 Å². The number of pyridine rings is 1. The van der Waals surface area contributed by atoms with Crippen molar-refractivity contribution in [3.63, 3.8) is 0 Å². The summed E-state index contributed by atoms with van der Waals surface area (Å²) in [6.45, 7) is 2.08. The maximum Gasteiger partial charge on any atom is 0.231 e. The number of benzene rings is 1. The molecule has 4 rings (SSSR count). The van der Waals surface area contributed by atoms with Gasteiger partial charge in [0.1, 0.15) is 0 Å². The lowest BCUT2D eigenvalue weighted by Gasteiger charge is -2.30. The fourth-order valence-electron chi connectivity index (χ4n) is 3.65. The lowest BCUT2D eigenvalue weighted by Crippen LogP contribution is -2.29. The summed E-state index contributed by atoms with van der Waals surface area (Å²) in [5.41, 5.74) is 2.38. The molecule has 1 aliphatic heterocycles. The van der Waals surface area contributed by atoms with Crippen LogP contribution in [0.15, 0.2) is 36.0 Å². The van der Waals surface area contributed by atoms with Crippen molar-refractivity contribution in [2.24, 2.45) is 0 Å². The minimum absolute atomic E-state index is 0.0531. The molecule has 1 fully saturated rings. The van der Waals surface area contributed by atoms with Crippen LogP contribution in [0.2, 0.25) is 0 Å². The Morgan fingerprint density at radius 1 is 1.17 bits per heavy atom. The second-order valence-corrected chi connectivity index (χ2v) is 9.95. The van der Waals surface area contributed by atoms with E-state index in [1.54, 1.807) is 17.8 Å². The van der Waals surface area contributed by atoms with Crippen LogP contribution in [0.5, 0.6) is 0 Å². The third kappa shape index (κ3) is 4.88. The van der Waals surface area contributed by atoms with E-state index in [9.17, 15) is 13.2 Å². The number of anilines is 3. The molecule has 8 nitrogen and oxygen atoms in total. The summed E-state index contributed by atoms with van der Waals surface area (Å²) in [6.07, 6.45) is 8.30. The molecule has 30 heavy (non-hydrogen) atoms. The Labute approximate surface area is 179 Å². The number of hydrogen-bond acceptors (Lipinski definition) is 7. The van der Waals surface area contributed by atoms with Gasteiger partial charge in [-0.2, -0.15) is 0 Å². The van der Waals surface area contributed by atoms with Gasteiger partial charge < -0.3 is 10.2 Å². The van der Waals surface area contributed by atoms with Gasteiger partial charge in [-0.3, -0.25) is 14.5 Å². The fraction of sp³-hybridized carbons (Fsp3) is 0.350. The zero-order chi connectivity index (χ0) is 21.1. The predicted octanol–water partition coefficient (Wildman–Crippen LogP) is 3.23. The molecule has 2 N–H and O–H groups in total. The molecule has 0 saturated carbocycles. The number of fused-ring (bicyclic) bond motifs is 1. The lowest BCUT2D eigenvalue weighted by atomic mass is 10.0. The number of nitrogens with one attached hydrogen (secondary N) is 2. The van der Waals surface area contributed by atoms with Gasteiger partial charge in [-0.15, -0.1) is 11.3 Å². The van der Waals surface area contributed by atoms with E-state index in [2.05, 4.69) is 31.0 Å². The van der Waals surface area contributed by atoms with Crippen LogP contribution in [-0.2, 0) is 21.2 Å². The summed E-state index contributed by atoms with van der Waals surface area (Å²) < 4.78 is 24.9. The molecule has 10 heteroatoms. The molecule has 0 aliphatic carbocycles. The molecule has 1 aliphatic rings. The van der Waals surface area contributed by atoms with Crippen LogP contribution in [0.3, 0.4) is 0 Å². The third-order valence-electron chi connectivity index (χ3n) is 4.93. The number of piperidine rings is 1. The van der Waals surface area contributed by atoms with Crippen molar-refractivity contribution in [2.45, 2.75) is 25.7 Å². The predicted molar refractivity (Wildman–Crippen MR) is 121 cm³/mol. The van der Waals surface area contributed by atoms with Crippen LogP contribution in [0, 0.1) is 0 Å². The average molecular weight is 446 g/mol. The lowest BCUT2D eigenvalue weighted by molar-refractivity contribution is -0.115. The van der Waals surface area contributed by atoms with E-state index < -0.39 is 10.0 Å². The summed E-state index contributed by atoms with van der Waals surface area (Å²) in [6, 6.07) is 5.96. The minimum Gasteiger partial charge on any atom is -0.371 e. The standard InChI is InChI=1S/C20H23N5O3S2/c1-30(27,28)24-20-22-14(13-29-20)11-19(26)23-17-5-6-18(25-9-3-2-4-10-25)15-7-8-21-12-16(15)17/h5-8,12-13H,2-4,9-11H2,1H3,(H,22,24)(H,23,26). The van der Waals surface area contributed by atoms with Crippen LogP contribution < -0.4 is 14.9 Å². The first-order valence-corrected chi connectivity index (χ1v) is 12.5. The Bertz CT molecular complexity index is 1170. The van der Waals surface area contributed by atoms with Crippen molar-refractivity contribution in [1.82, 2.24) is 9.97 Å². The van der Waals surface area contributed by atoms with Crippen LogP contribution in [0.4, 0.5) is 16.5 Å². The summed E-state index contributed by atoms with van der Waals surface area (Å²) in [5.74, 6) is -0.220. The zero-order valence-corrected chi connectivity index (χ0v) is 18.2. The van der Waals surface area contributed by atoms with Crippen molar-refractivity contribution in [3.05, 3.63) is 41.7 Å². The molecule has 1 saturated heterocycles. The Balaban J connectivity index is 1.52. The molecule has 0 bridgehead atoms. The van der Waals surface area contributed by atoms with Gasteiger partial charge in [-0.05, 0) is 37.5 Å². The van der Waals surface area contributed by atoms with Gasteiger partial charge in [0.2, 0.25) is 15.9 Å². The summed E-state index contributed by atoms with van der Waals surface area (Å²) in [7, 11) is -3.39. The quantitative estimate of drug-likeness (QED) is 0.604. The molecule has 0 radical (unpaired) electrons. The van der Waals surface area contributed by atoms with Crippen molar-refractivity contribution >= 4 is 54.5 Å². The number of carbonyl (C=O) groups excluding carboxylic acids is 1. The van der Waals surface area contributed by atoms with Gasteiger partial charge >= 0.3 is 0 Å². The van der Waals surface area contributed by atoms with Crippen molar-refractivity contribution in [2.75, 3.05) is 34.3 Å². The van der Waals surface area contributed by atoms with E-state index in [4.69, 9.17) is 0 Å². The summed E-state index contributed by atoms with van der Waals surface area (Å²) in [4.78, 5) is 23.4. The van der Waals surface area contributed by atoms with Crippen molar-refractivity contribution in [3.8, 4) is 0 Å². The molecular formula is C20H23N5O3S2.